The van der Waals surface area contributed by atoms with Crippen LogP contribution in [0.25, 0.3) is 11.2 Å². The van der Waals surface area contributed by atoms with Crippen molar-refractivity contribution in [2.45, 2.75) is 50.5 Å². The molecule has 5 nitrogen and oxygen atoms in total. The van der Waals surface area contributed by atoms with Crippen LogP contribution >= 0.6 is 11.3 Å². The Bertz CT molecular complexity index is 942. The molecular weight excluding hydrogens is 356 g/mol. The van der Waals surface area contributed by atoms with Crippen LogP contribution in [0.4, 0.5) is 0 Å². The first-order valence-corrected chi connectivity index (χ1v) is 10.9. The van der Waals surface area contributed by atoms with Gasteiger partial charge in [-0.2, -0.15) is 11.3 Å². The Kier molecular flexibility index (Phi) is 4.44. The first-order chi connectivity index (χ1) is 13.3. The van der Waals surface area contributed by atoms with Gasteiger partial charge in [0.1, 0.15) is 11.3 Å². The standard InChI is InChI=1S/C21H24N4OS/c26-19(12-15-8-11-27-14-15)24-10-7-17(13-24)25-20(16-4-1-2-5-16)23-18-6-3-9-22-21(18)25/h3,6,8-9,11,14,16-17H,1-2,4-5,7,10,12-13H2/t17-/m0/s1. The number of rotatable bonds is 4. The van der Waals surface area contributed by atoms with Gasteiger partial charge in [-0.25, -0.2) is 9.97 Å². The second-order valence-corrected chi connectivity index (χ2v) is 8.54. The van der Waals surface area contributed by atoms with Gasteiger partial charge >= 0.3 is 0 Å². The quantitative estimate of drug-likeness (QED) is 0.683. The fraction of sp³-hybridized carbons (Fsp3) is 0.476. The van der Waals surface area contributed by atoms with Crippen LogP contribution in [0.3, 0.4) is 0 Å². The third-order valence-electron chi connectivity index (χ3n) is 6.01. The van der Waals surface area contributed by atoms with E-state index in [1.54, 1.807) is 11.3 Å². The predicted molar refractivity (Wildman–Crippen MR) is 107 cm³/mol. The number of hydrogen-bond donors (Lipinski definition) is 0. The monoisotopic (exact) mass is 380 g/mol. The van der Waals surface area contributed by atoms with Crippen LogP contribution in [-0.2, 0) is 11.2 Å². The molecule has 1 saturated heterocycles. The lowest BCUT2D eigenvalue weighted by Crippen LogP contribution is -2.30. The van der Waals surface area contributed by atoms with Gasteiger partial charge in [0.2, 0.25) is 5.91 Å². The molecule has 1 saturated carbocycles. The van der Waals surface area contributed by atoms with Crippen molar-refractivity contribution >= 4 is 28.4 Å². The van der Waals surface area contributed by atoms with Gasteiger partial charge in [0, 0.05) is 25.2 Å². The molecule has 3 aromatic heterocycles. The molecule has 27 heavy (non-hydrogen) atoms. The first-order valence-electron chi connectivity index (χ1n) is 9.91. The summed E-state index contributed by atoms with van der Waals surface area (Å²) in [5.74, 6) is 1.96. The fourth-order valence-corrected chi connectivity index (χ4v) is 5.31. The van der Waals surface area contributed by atoms with Gasteiger partial charge in [0.05, 0.1) is 12.5 Å². The summed E-state index contributed by atoms with van der Waals surface area (Å²) in [5.41, 5.74) is 3.09. The Morgan fingerprint density at radius 2 is 2.11 bits per heavy atom. The number of fused-ring (bicyclic) bond motifs is 1. The van der Waals surface area contributed by atoms with Crippen molar-refractivity contribution in [1.82, 2.24) is 19.4 Å². The predicted octanol–water partition coefficient (Wildman–Crippen LogP) is 4.17. The molecule has 2 aliphatic rings. The minimum Gasteiger partial charge on any atom is -0.340 e. The molecule has 0 unspecified atom stereocenters. The maximum atomic E-state index is 12.7. The first kappa shape index (κ1) is 16.9. The van der Waals surface area contributed by atoms with Gasteiger partial charge in [0.15, 0.2) is 5.65 Å². The minimum absolute atomic E-state index is 0.232. The number of pyridine rings is 1. The maximum absolute atomic E-state index is 12.7. The molecule has 1 aliphatic heterocycles. The second-order valence-electron chi connectivity index (χ2n) is 7.76. The van der Waals surface area contributed by atoms with Crippen LogP contribution in [0.2, 0.25) is 0 Å². The van der Waals surface area contributed by atoms with E-state index in [2.05, 4.69) is 21.0 Å². The fourth-order valence-electron chi connectivity index (χ4n) is 4.64. The summed E-state index contributed by atoms with van der Waals surface area (Å²) in [5, 5.41) is 4.10. The Balaban J connectivity index is 1.42. The summed E-state index contributed by atoms with van der Waals surface area (Å²) >= 11 is 1.65. The zero-order chi connectivity index (χ0) is 18.2. The molecule has 5 rings (SSSR count). The van der Waals surface area contributed by atoms with Crippen LogP contribution in [0.5, 0.6) is 0 Å². The van der Waals surface area contributed by atoms with Crippen molar-refractivity contribution in [2.75, 3.05) is 13.1 Å². The van der Waals surface area contributed by atoms with Gasteiger partial charge in [-0.1, -0.05) is 12.8 Å². The lowest BCUT2D eigenvalue weighted by atomic mass is 10.1. The summed E-state index contributed by atoms with van der Waals surface area (Å²) in [4.78, 5) is 24.4. The highest BCUT2D eigenvalue weighted by Gasteiger charge is 2.33. The van der Waals surface area contributed by atoms with E-state index in [1.165, 1.54) is 31.5 Å². The van der Waals surface area contributed by atoms with Crippen LogP contribution in [0.1, 0.15) is 55.5 Å². The SMILES string of the molecule is O=C(Cc1ccsc1)N1CC[C@H](n2c(C3CCCC3)nc3cccnc32)C1. The normalized spacial score (nSPS) is 20.7. The topological polar surface area (TPSA) is 51.0 Å². The zero-order valence-corrected chi connectivity index (χ0v) is 16.2. The lowest BCUT2D eigenvalue weighted by molar-refractivity contribution is -0.129. The van der Waals surface area contributed by atoms with Crippen LogP contribution in [0.15, 0.2) is 35.2 Å². The lowest BCUT2D eigenvalue weighted by Gasteiger charge is -2.20. The highest BCUT2D eigenvalue weighted by Crippen LogP contribution is 2.38. The number of thiophene rings is 1. The van der Waals surface area contributed by atoms with Crippen molar-refractivity contribution in [1.29, 1.82) is 0 Å². The van der Waals surface area contributed by atoms with Crippen molar-refractivity contribution in [2.24, 2.45) is 0 Å². The molecule has 0 aromatic carbocycles. The summed E-state index contributed by atoms with van der Waals surface area (Å²) in [6.07, 6.45) is 8.36. The van der Waals surface area contributed by atoms with E-state index in [9.17, 15) is 4.79 Å². The summed E-state index contributed by atoms with van der Waals surface area (Å²) < 4.78 is 2.36. The van der Waals surface area contributed by atoms with Crippen LogP contribution in [-0.4, -0.2) is 38.4 Å². The molecule has 6 heteroatoms. The molecular formula is C21H24N4OS. The van der Waals surface area contributed by atoms with Gasteiger partial charge in [0.25, 0.3) is 0 Å². The molecule has 140 valence electrons. The van der Waals surface area contributed by atoms with Crippen molar-refractivity contribution in [3.63, 3.8) is 0 Å². The zero-order valence-electron chi connectivity index (χ0n) is 15.4. The number of hydrogen-bond acceptors (Lipinski definition) is 4. The Morgan fingerprint density at radius 1 is 1.22 bits per heavy atom. The van der Waals surface area contributed by atoms with Crippen LogP contribution in [0, 0.1) is 0 Å². The third kappa shape index (κ3) is 3.16. The van der Waals surface area contributed by atoms with E-state index >= 15 is 0 Å². The number of likely N-dealkylation sites (tertiary alicyclic amines) is 1. The highest BCUT2D eigenvalue weighted by molar-refractivity contribution is 7.08. The van der Waals surface area contributed by atoms with Crippen molar-refractivity contribution in [3.8, 4) is 0 Å². The number of carbonyl (C=O) groups is 1. The van der Waals surface area contributed by atoms with E-state index < -0.39 is 0 Å². The van der Waals surface area contributed by atoms with Gasteiger partial charge in [-0.15, -0.1) is 0 Å². The molecule has 1 amide bonds. The molecule has 4 heterocycles. The molecule has 0 radical (unpaired) electrons. The largest absolute Gasteiger partial charge is 0.340 e. The van der Waals surface area contributed by atoms with Gasteiger partial charge in [-0.3, -0.25) is 4.79 Å². The second kappa shape index (κ2) is 7.08. The van der Waals surface area contributed by atoms with Gasteiger partial charge in [-0.05, 0) is 53.8 Å². The molecule has 2 fully saturated rings. The smallest absolute Gasteiger partial charge is 0.227 e. The molecule has 1 atom stereocenters. The summed E-state index contributed by atoms with van der Waals surface area (Å²) in [6, 6.07) is 6.35. The Labute approximate surface area is 163 Å². The third-order valence-corrected chi connectivity index (χ3v) is 6.75. The number of nitrogens with zero attached hydrogens (tertiary/aromatic N) is 4. The number of carbonyl (C=O) groups excluding carboxylic acids is 1. The van der Waals surface area contributed by atoms with Crippen molar-refractivity contribution in [3.05, 3.63) is 46.5 Å². The molecule has 3 aromatic rings. The van der Waals surface area contributed by atoms with E-state index in [0.29, 0.717) is 12.3 Å². The molecule has 0 N–H and O–H groups in total. The molecule has 0 bridgehead atoms. The van der Waals surface area contributed by atoms with E-state index in [4.69, 9.17) is 4.98 Å². The summed E-state index contributed by atoms with van der Waals surface area (Å²) in [6.45, 7) is 1.59. The van der Waals surface area contributed by atoms with E-state index in [0.717, 1.165) is 36.2 Å². The Morgan fingerprint density at radius 3 is 2.93 bits per heavy atom. The van der Waals surface area contributed by atoms with Crippen LogP contribution < -0.4 is 0 Å². The summed E-state index contributed by atoms with van der Waals surface area (Å²) in [7, 11) is 0. The average Bonchev–Trinajstić information content (AvgIpc) is 3.46. The Hall–Kier alpha value is -2.21. The average molecular weight is 381 g/mol. The molecule has 1 aliphatic carbocycles. The van der Waals surface area contributed by atoms with E-state index in [1.807, 2.05) is 28.6 Å². The number of imidazole rings is 1. The molecule has 0 spiro atoms. The number of aromatic nitrogens is 3. The van der Waals surface area contributed by atoms with E-state index in [-0.39, 0.29) is 11.9 Å². The number of amides is 1. The van der Waals surface area contributed by atoms with Crippen molar-refractivity contribution < 1.29 is 4.79 Å². The maximum Gasteiger partial charge on any atom is 0.227 e. The van der Waals surface area contributed by atoms with Gasteiger partial charge < -0.3 is 9.47 Å². The highest BCUT2D eigenvalue weighted by atomic mass is 32.1. The minimum atomic E-state index is 0.232.